The minimum absolute atomic E-state index is 0.0294. The standard InChI is InChI=1S/C17H22N2O3S/c1-4-5-10-22-15(20)11-23-17-18-14-9-7-6-8-13(14)16(21)19(17)12(2)3/h6-9,12H,4-5,10-11H2,1-3H3. The van der Waals surface area contributed by atoms with Crippen molar-refractivity contribution in [3.8, 4) is 0 Å². The average molecular weight is 334 g/mol. The van der Waals surface area contributed by atoms with Crippen molar-refractivity contribution in [1.29, 1.82) is 0 Å². The summed E-state index contributed by atoms with van der Waals surface area (Å²) in [6.45, 7) is 6.35. The van der Waals surface area contributed by atoms with Gasteiger partial charge in [0, 0.05) is 6.04 Å². The second-order valence-electron chi connectivity index (χ2n) is 5.54. The van der Waals surface area contributed by atoms with E-state index < -0.39 is 0 Å². The van der Waals surface area contributed by atoms with Crippen LogP contribution in [0.5, 0.6) is 0 Å². The van der Waals surface area contributed by atoms with Gasteiger partial charge in [-0.2, -0.15) is 0 Å². The number of carbonyl (C=O) groups is 1. The molecule has 5 nitrogen and oxygen atoms in total. The lowest BCUT2D eigenvalue weighted by atomic mass is 10.2. The van der Waals surface area contributed by atoms with Crippen LogP contribution < -0.4 is 5.56 Å². The molecule has 0 saturated heterocycles. The van der Waals surface area contributed by atoms with Crippen molar-refractivity contribution in [2.75, 3.05) is 12.4 Å². The molecule has 0 atom stereocenters. The molecule has 0 saturated carbocycles. The lowest BCUT2D eigenvalue weighted by Gasteiger charge is -2.15. The van der Waals surface area contributed by atoms with E-state index in [-0.39, 0.29) is 23.3 Å². The van der Waals surface area contributed by atoms with E-state index in [4.69, 9.17) is 4.74 Å². The van der Waals surface area contributed by atoms with Crippen molar-refractivity contribution in [2.45, 2.75) is 44.8 Å². The Balaban J connectivity index is 2.24. The molecule has 0 N–H and O–H groups in total. The fraction of sp³-hybridized carbons (Fsp3) is 0.471. The molecule has 1 aromatic carbocycles. The van der Waals surface area contributed by atoms with Gasteiger partial charge in [-0.05, 0) is 32.4 Å². The van der Waals surface area contributed by atoms with E-state index in [0.29, 0.717) is 22.7 Å². The number of unbranched alkanes of at least 4 members (excludes halogenated alkanes) is 1. The van der Waals surface area contributed by atoms with E-state index >= 15 is 0 Å². The molecule has 1 heterocycles. The Morgan fingerprint density at radius 3 is 2.78 bits per heavy atom. The summed E-state index contributed by atoms with van der Waals surface area (Å²) in [7, 11) is 0. The molecule has 0 bridgehead atoms. The van der Waals surface area contributed by atoms with Gasteiger partial charge in [-0.15, -0.1) is 0 Å². The maximum atomic E-state index is 12.6. The largest absolute Gasteiger partial charge is 0.465 e. The third kappa shape index (κ3) is 4.34. The quantitative estimate of drug-likeness (QED) is 0.336. The molecule has 2 aromatic rings. The number of nitrogens with zero attached hydrogens (tertiary/aromatic N) is 2. The maximum Gasteiger partial charge on any atom is 0.316 e. The lowest BCUT2D eigenvalue weighted by Crippen LogP contribution is -2.25. The zero-order chi connectivity index (χ0) is 16.8. The number of esters is 1. The smallest absolute Gasteiger partial charge is 0.316 e. The highest BCUT2D eigenvalue weighted by molar-refractivity contribution is 7.99. The average Bonchev–Trinajstić information content (AvgIpc) is 2.53. The summed E-state index contributed by atoms with van der Waals surface area (Å²) < 4.78 is 6.78. The monoisotopic (exact) mass is 334 g/mol. The molecular weight excluding hydrogens is 312 g/mol. The van der Waals surface area contributed by atoms with Crippen LogP contribution in [-0.4, -0.2) is 27.9 Å². The number of hydrogen-bond donors (Lipinski definition) is 0. The van der Waals surface area contributed by atoms with Crippen LogP contribution in [0.15, 0.2) is 34.2 Å². The third-order valence-corrected chi connectivity index (χ3v) is 4.30. The summed E-state index contributed by atoms with van der Waals surface area (Å²) in [5.74, 6) is -0.123. The first-order chi connectivity index (χ1) is 11.0. The number of hydrogen-bond acceptors (Lipinski definition) is 5. The van der Waals surface area contributed by atoms with Crippen molar-refractivity contribution in [1.82, 2.24) is 9.55 Å². The number of thioether (sulfide) groups is 1. The number of para-hydroxylation sites is 1. The van der Waals surface area contributed by atoms with Crippen molar-refractivity contribution in [3.63, 3.8) is 0 Å². The van der Waals surface area contributed by atoms with E-state index in [2.05, 4.69) is 4.98 Å². The van der Waals surface area contributed by atoms with Crippen molar-refractivity contribution in [2.24, 2.45) is 0 Å². The fourth-order valence-corrected chi connectivity index (χ4v) is 3.10. The van der Waals surface area contributed by atoms with E-state index in [0.717, 1.165) is 12.8 Å². The molecule has 0 aliphatic heterocycles. The van der Waals surface area contributed by atoms with E-state index in [1.807, 2.05) is 39.0 Å². The minimum atomic E-state index is -0.277. The van der Waals surface area contributed by atoms with Crippen LogP contribution in [0.25, 0.3) is 10.9 Å². The molecule has 23 heavy (non-hydrogen) atoms. The Kier molecular flexibility index (Phi) is 6.21. The van der Waals surface area contributed by atoms with Gasteiger partial charge in [0.2, 0.25) is 0 Å². The molecule has 124 valence electrons. The van der Waals surface area contributed by atoms with Crippen LogP contribution in [0.4, 0.5) is 0 Å². The number of fused-ring (bicyclic) bond motifs is 1. The predicted molar refractivity (Wildman–Crippen MR) is 93.0 cm³/mol. The van der Waals surface area contributed by atoms with Crippen LogP contribution in [0, 0.1) is 0 Å². The first kappa shape index (κ1) is 17.5. The summed E-state index contributed by atoms with van der Waals surface area (Å²) in [5, 5.41) is 1.15. The maximum absolute atomic E-state index is 12.6. The molecule has 0 spiro atoms. The van der Waals surface area contributed by atoms with Crippen LogP contribution in [0.2, 0.25) is 0 Å². The first-order valence-corrected chi connectivity index (χ1v) is 8.82. The second-order valence-corrected chi connectivity index (χ2v) is 6.49. The van der Waals surface area contributed by atoms with Gasteiger partial charge in [0.25, 0.3) is 5.56 Å². The van der Waals surface area contributed by atoms with Crippen LogP contribution in [0.1, 0.15) is 39.7 Å². The van der Waals surface area contributed by atoms with Gasteiger partial charge in [-0.25, -0.2) is 4.98 Å². The molecule has 0 fully saturated rings. The van der Waals surface area contributed by atoms with Crippen LogP contribution in [0.3, 0.4) is 0 Å². The Morgan fingerprint density at radius 2 is 2.09 bits per heavy atom. The third-order valence-electron chi connectivity index (χ3n) is 3.37. The Hall–Kier alpha value is -1.82. The van der Waals surface area contributed by atoms with E-state index in [1.54, 1.807) is 10.6 Å². The molecule has 2 rings (SSSR count). The number of carbonyl (C=O) groups excluding carboxylic acids is 1. The normalized spacial score (nSPS) is 11.1. The highest BCUT2D eigenvalue weighted by Crippen LogP contribution is 2.20. The highest BCUT2D eigenvalue weighted by atomic mass is 32.2. The van der Waals surface area contributed by atoms with Crippen molar-refractivity contribution < 1.29 is 9.53 Å². The molecule has 0 unspecified atom stereocenters. The van der Waals surface area contributed by atoms with Crippen LogP contribution >= 0.6 is 11.8 Å². The van der Waals surface area contributed by atoms with Gasteiger partial charge in [0.05, 0.1) is 23.3 Å². The Morgan fingerprint density at radius 1 is 1.35 bits per heavy atom. The number of ether oxygens (including phenoxy) is 1. The number of aromatic nitrogens is 2. The lowest BCUT2D eigenvalue weighted by molar-refractivity contribution is -0.140. The molecule has 6 heteroatoms. The van der Waals surface area contributed by atoms with Gasteiger partial charge >= 0.3 is 5.97 Å². The zero-order valence-electron chi connectivity index (χ0n) is 13.7. The number of benzene rings is 1. The summed E-state index contributed by atoms with van der Waals surface area (Å²) in [6.07, 6.45) is 1.85. The van der Waals surface area contributed by atoms with Gasteiger partial charge in [-0.3, -0.25) is 14.2 Å². The number of rotatable bonds is 7. The summed E-state index contributed by atoms with van der Waals surface area (Å²) in [6, 6.07) is 7.23. The fourth-order valence-electron chi connectivity index (χ4n) is 2.18. The minimum Gasteiger partial charge on any atom is -0.465 e. The molecular formula is C17H22N2O3S. The molecule has 0 aliphatic rings. The van der Waals surface area contributed by atoms with Crippen molar-refractivity contribution >= 4 is 28.6 Å². The Bertz CT molecular complexity index is 740. The summed E-state index contributed by atoms with van der Waals surface area (Å²) >= 11 is 1.25. The van der Waals surface area contributed by atoms with Gasteiger partial charge in [0.1, 0.15) is 0 Å². The molecule has 1 aromatic heterocycles. The van der Waals surface area contributed by atoms with Crippen molar-refractivity contribution in [3.05, 3.63) is 34.6 Å². The predicted octanol–water partition coefficient (Wildman–Crippen LogP) is 3.41. The zero-order valence-corrected chi connectivity index (χ0v) is 14.6. The van der Waals surface area contributed by atoms with E-state index in [1.165, 1.54) is 11.8 Å². The van der Waals surface area contributed by atoms with Gasteiger partial charge < -0.3 is 4.74 Å². The van der Waals surface area contributed by atoms with Crippen LogP contribution in [-0.2, 0) is 9.53 Å². The first-order valence-electron chi connectivity index (χ1n) is 7.84. The topological polar surface area (TPSA) is 61.2 Å². The highest BCUT2D eigenvalue weighted by Gasteiger charge is 2.15. The van der Waals surface area contributed by atoms with Gasteiger partial charge in [-0.1, -0.05) is 37.2 Å². The molecule has 0 amide bonds. The molecule has 0 radical (unpaired) electrons. The summed E-state index contributed by atoms with van der Waals surface area (Å²) in [5.41, 5.74) is 0.573. The van der Waals surface area contributed by atoms with Gasteiger partial charge in [0.15, 0.2) is 5.16 Å². The second kappa shape index (κ2) is 8.15. The summed E-state index contributed by atoms with van der Waals surface area (Å²) in [4.78, 5) is 28.9. The molecule has 0 aliphatic carbocycles. The van der Waals surface area contributed by atoms with E-state index in [9.17, 15) is 9.59 Å². The SMILES string of the molecule is CCCCOC(=O)CSc1nc2ccccc2c(=O)n1C(C)C. The Labute approximate surface area is 140 Å².